The third-order valence-electron chi connectivity index (χ3n) is 3.47. The van der Waals surface area contributed by atoms with Gasteiger partial charge in [-0.3, -0.25) is 0 Å². The van der Waals surface area contributed by atoms with Gasteiger partial charge in [0.1, 0.15) is 0 Å². The monoisotopic (exact) mass is 278 g/mol. The smallest absolute Gasteiger partial charge is 0.341 e. The molecule has 0 aliphatic carbocycles. The van der Waals surface area contributed by atoms with Crippen LogP contribution < -0.4 is 10.6 Å². The number of esters is 1. The lowest BCUT2D eigenvalue weighted by Crippen LogP contribution is -2.15. The van der Waals surface area contributed by atoms with E-state index in [0.717, 1.165) is 32.0 Å². The quantitative estimate of drug-likeness (QED) is 0.766. The first kappa shape index (κ1) is 14.7. The van der Waals surface area contributed by atoms with Crippen molar-refractivity contribution in [2.75, 3.05) is 31.6 Å². The summed E-state index contributed by atoms with van der Waals surface area (Å²) in [7, 11) is 0. The molecule has 2 heterocycles. The highest BCUT2D eigenvalue weighted by atomic mass is 16.5. The second kappa shape index (κ2) is 7.19. The molecule has 6 heteroatoms. The molecule has 0 radical (unpaired) electrons. The molecule has 20 heavy (non-hydrogen) atoms. The fraction of sp³-hybridized carbons (Fsp3) is 0.643. The topological polar surface area (TPSA) is 76.1 Å². The zero-order chi connectivity index (χ0) is 14.4. The van der Waals surface area contributed by atoms with Gasteiger partial charge in [0.25, 0.3) is 0 Å². The van der Waals surface area contributed by atoms with Crippen molar-refractivity contribution in [3.05, 3.63) is 17.5 Å². The van der Waals surface area contributed by atoms with Gasteiger partial charge in [-0.25, -0.2) is 14.8 Å². The van der Waals surface area contributed by atoms with Gasteiger partial charge in [-0.1, -0.05) is 0 Å². The SMILES string of the molecule is CCOC(=O)c1cnc(NCCC2CCNC2)nc1C. The van der Waals surface area contributed by atoms with Crippen LogP contribution in [0.1, 0.15) is 35.8 Å². The zero-order valence-electron chi connectivity index (χ0n) is 12.1. The van der Waals surface area contributed by atoms with Crippen LogP contribution in [-0.2, 0) is 4.74 Å². The number of ether oxygens (including phenoxy) is 1. The Bertz CT molecular complexity index is 458. The van der Waals surface area contributed by atoms with Gasteiger partial charge in [-0.2, -0.15) is 0 Å². The van der Waals surface area contributed by atoms with E-state index < -0.39 is 0 Å². The van der Waals surface area contributed by atoms with Crippen LogP contribution in [0.3, 0.4) is 0 Å². The molecule has 1 atom stereocenters. The van der Waals surface area contributed by atoms with Crippen LogP contribution in [0.25, 0.3) is 0 Å². The molecular weight excluding hydrogens is 256 g/mol. The Kier molecular flexibility index (Phi) is 5.29. The summed E-state index contributed by atoms with van der Waals surface area (Å²) in [5.41, 5.74) is 1.07. The molecule has 0 spiro atoms. The van der Waals surface area contributed by atoms with E-state index in [4.69, 9.17) is 4.74 Å². The predicted molar refractivity (Wildman–Crippen MR) is 76.8 cm³/mol. The van der Waals surface area contributed by atoms with E-state index in [2.05, 4.69) is 20.6 Å². The van der Waals surface area contributed by atoms with E-state index in [9.17, 15) is 4.79 Å². The molecule has 110 valence electrons. The average molecular weight is 278 g/mol. The fourth-order valence-corrected chi connectivity index (χ4v) is 2.31. The third kappa shape index (κ3) is 3.90. The number of hydrogen-bond acceptors (Lipinski definition) is 6. The number of hydrogen-bond donors (Lipinski definition) is 2. The summed E-state index contributed by atoms with van der Waals surface area (Å²) in [6.07, 6.45) is 3.87. The molecule has 0 amide bonds. The lowest BCUT2D eigenvalue weighted by atomic mass is 10.1. The highest BCUT2D eigenvalue weighted by Crippen LogP contribution is 2.13. The third-order valence-corrected chi connectivity index (χ3v) is 3.47. The van der Waals surface area contributed by atoms with Crippen molar-refractivity contribution in [1.82, 2.24) is 15.3 Å². The first-order valence-electron chi connectivity index (χ1n) is 7.16. The fourth-order valence-electron chi connectivity index (χ4n) is 2.31. The van der Waals surface area contributed by atoms with Gasteiger partial charge in [0.2, 0.25) is 5.95 Å². The zero-order valence-corrected chi connectivity index (χ0v) is 12.1. The second-order valence-corrected chi connectivity index (χ2v) is 4.99. The highest BCUT2D eigenvalue weighted by Gasteiger charge is 2.15. The lowest BCUT2D eigenvalue weighted by molar-refractivity contribution is 0.0524. The van der Waals surface area contributed by atoms with Gasteiger partial charge in [0, 0.05) is 12.7 Å². The molecule has 1 fully saturated rings. The minimum Gasteiger partial charge on any atom is -0.462 e. The molecular formula is C14H22N4O2. The van der Waals surface area contributed by atoms with Crippen LogP contribution in [0, 0.1) is 12.8 Å². The standard InChI is InChI=1S/C14H22N4O2/c1-3-20-13(19)12-9-17-14(18-10(12)2)16-7-5-11-4-6-15-8-11/h9,11,15H,3-8H2,1-2H3,(H,16,17,18). The van der Waals surface area contributed by atoms with Crippen molar-refractivity contribution in [2.45, 2.75) is 26.7 Å². The minimum atomic E-state index is -0.367. The van der Waals surface area contributed by atoms with Crippen LogP contribution >= 0.6 is 0 Å². The maximum Gasteiger partial charge on any atom is 0.341 e. The van der Waals surface area contributed by atoms with Gasteiger partial charge in [0.05, 0.1) is 17.9 Å². The van der Waals surface area contributed by atoms with Gasteiger partial charge >= 0.3 is 5.97 Å². The summed E-state index contributed by atoms with van der Waals surface area (Å²) in [5.74, 6) is 0.942. The van der Waals surface area contributed by atoms with E-state index >= 15 is 0 Å². The molecule has 0 aromatic carbocycles. The summed E-state index contributed by atoms with van der Waals surface area (Å²) in [6.45, 7) is 7.00. The first-order valence-corrected chi connectivity index (χ1v) is 7.16. The summed E-state index contributed by atoms with van der Waals surface area (Å²) in [4.78, 5) is 20.1. The maximum atomic E-state index is 11.6. The van der Waals surface area contributed by atoms with E-state index in [-0.39, 0.29) is 5.97 Å². The van der Waals surface area contributed by atoms with Gasteiger partial charge in [-0.05, 0) is 45.7 Å². The molecule has 1 saturated heterocycles. The van der Waals surface area contributed by atoms with E-state index in [0.29, 0.717) is 23.8 Å². The number of anilines is 1. The van der Waals surface area contributed by atoms with Crippen LogP contribution in [0.4, 0.5) is 5.95 Å². The van der Waals surface area contributed by atoms with Crippen molar-refractivity contribution in [3.63, 3.8) is 0 Å². The summed E-state index contributed by atoms with van der Waals surface area (Å²) >= 11 is 0. The molecule has 1 aromatic rings. The molecule has 1 aromatic heterocycles. The van der Waals surface area contributed by atoms with Crippen molar-refractivity contribution in [1.29, 1.82) is 0 Å². The normalized spacial score (nSPS) is 18.0. The van der Waals surface area contributed by atoms with Crippen molar-refractivity contribution in [2.24, 2.45) is 5.92 Å². The largest absolute Gasteiger partial charge is 0.462 e. The molecule has 0 bridgehead atoms. The number of carbonyl (C=O) groups excluding carboxylic acids is 1. The summed E-state index contributed by atoms with van der Waals surface area (Å²) in [6, 6.07) is 0. The van der Waals surface area contributed by atoms with Crippen LogP contribution in [0.15, 0.2) is 6.20 Å². The molecule has 1 aliphatic heterocycles. The van der Waals surface area contributed by atoms with Crippen LogP contribution in [0.2, 0.25) is 0 Å². The van der Waals surface area contributed by atoms with E-state index in [1.54, 1.807) is 13.8 Å². The van der Waals surface area contributed by atoms with Crippen LogP contribution in [0.5, 0.6) is 0 Å². The molecule has 2 rings (SSSR count). The van der Waals surface area contributed by atoms with Crippen LogP contribution in [-0.4, -0.2) is 42.2 Å². The predicted octanol–water partition coefficient (Wildman–Crippen LogP) is 1.37. The number of aryl methyl sites for hydroxylation is 1. The Morgan fingerprint density at radius 3 is 3.10 bits per heavy atom. The molecule has 2 N–H and O–H groups in total. The maximum absolute atomic E-state index is 11.6. The number of nitrogens with zero attached hydrogens (tertiary/aromatic N) is 2. The Morgan fingerprint density at radius 2 is 2.45 bits per heavy atom. The summed E-state index contributed by atoms with van der Waals surface area (Å²) in [5, 5.41) is 6.56. The average Bonchev–Trinajstić information content (AvgIpc) is 2.92. The Balaban J connectivity index is 1.86. The Morgan fingerprint density at radius 1 is 1.60 bits per heavy atom. The molecule has 1 aliphatic rings. The van der Waals surface area contributed by atoms with Gasteiger partial charge < -0.3 is 15.4 Å². The molecule has 0 saturated carbocycles. The molecule has 1 unspecified atom stereocenters. The van der Waals surface area contributed by atoms with Crippen molar-refractivity contribution in [3.8, 4) is 0 Å². The lowest BCUT2D eigenvalue weighted by Gasteiger charge is -2.10. The van der Waals surface area contributed by atoms with Gasteiger partial charge in [-0.15, -0.1) is 0 Å². The van der Waals surface area contributed by atoms with Gasteiger partial charge in [0.15, 0.2) is 0 Å². The highest BCUT2D eigenvalue weighted by molar-refractivity contribution is 5.90. The number of carbonyl (C=O) groups is 1. The van der Waals surface area contributed by atoms with E-state index in [1.165, 1.54) is 12.6 Å². The van der Waals surface area contributed by atoms with E-state index in [1.807, 2.05) is 0 Å². The number of aromatic nitrogens is 2. The van der Waals surface area contributed by atoms with Crippen molar-refractivity contribution >= 4 is 11.9 Å². The minimum absolute atomic E-state index is 0.355. The number of nitrogens with one attached hydrogen (secondary N) is 2. The molecule has 6 nitrogen and oxygen atoms in total. The Labute approximate surface area is 119 Å². The Hall–Kier alpha value is -1.69. The summed E-state index contributed by atoms with van der Waals surface area (Å²) < 4.78 is 4.95. The second-order valence-electron chi connectivity index (χ2n) is 4.99. The number of rotatable bonds is 6. The van der Waals surface area contributed by atoms with Crippen molar-refractivity contribution < 1.29 is 9.53 Å². The first-order chi connectivity index (χ1) is 9.70.